The molecule has 1 aliphatic rings. The number of ketones is 8. The lowest BCUT2D eigenvalue weighted by atomic mass is 10.1. The van der Waals surface area contributed by atoms with Crippen LogP contribution in [0.3, 0.4) is 0 Å². The van der Waals surface area contributed by atoms with E-state index in [-0.39, 0.29) is 279 Å². The maximum Gasteiger partial charge on any atom is 0.260 e. The third kappa shape index (κ3) is 32.7. The van der Waals surface area contributed by atoms with E-state index in [0.717, 1.165) is 0 Å². The van der Waals surface area contributed by atoms with Gasteiger partial charge in [0.05, 0.1) is 4.91 Å². The average molecular weight is 1250 g/mol. The molecule has 1 heterocycles. The Hall–Kier alpha value is -5.91. The lowest BCUT2D eigenvalue weighted by molar-refractivity contribution is -0.138. The van der Waals surface area contributed by atoms with Crippen LogP contribution >= 0.6 is 23.5 Å². The van der Waals surface area contributed by atoms with Gasteiger partial charge in [0, 0.05) is 238 Å². The van der Waals surface area contributed by atoms with Crippen molar-refractivity contribution in [3.8, 4) is 0 Å². The van der Waals surface area contributed by atoms with Gasteiger partial charge >= 0.3 is 0 Å². The highest BCUT2D eigenvalue weighted by molar-refractivity contribution is 8.22. The monoisotopic (exact) mass is 1250 g/mol. The minimum Gasteiger partial charge on any atom is -0.342 e. The Morgan fingerprint density at radius 3 is 0.581 bits per heavy atom. The molecule has 0 aliphatic carbocycles. The second kappa shape index (κ2) is 45.4. The van der Waals surface area contributed by atoms with Crippen LogP contribution in [0.15, 0.2) is 10.3 Å². The molecule has 1 rings (SSSR count). The first kappa shape index (κ1) is 78.1. The van der Waals surface area contributed by atoms with Crippen LogP contribution < -0.4 is 0 Å². The van der Waals surface area contributed by atoms with Gasteiger partial charge in [-0.2, -0.15) is 0 Å². The number of amides is 7. The number of carbonyl (C=O) groups is 15. The van der Waals surface area contributed by atoms with Crippen molar-refractivity contribution in [2.45, 2.75) is 197 Å². The molecule has 484 valence electrons. The Kier molecular flexibility index (Phi) is 41.2. The summed E-state index contributed by atoms with van der Waals surface area (Å²) in [5.74, 6) is -3.91. The van der Waals surface area contributed by atoms with E-state index in [2.05, 4.69) is 0 Å². The van der Waals surface area contributed by atoms with E-state index >= 15 is 0 Å². The van der Waals surface area contributed by atoms with Gasteiger partial charge in [0.2, 0.25) is 35.4 Å². The van der Waals surface area contributed by atoms with E-state index in [4.69, 9.17) is 0 Å². The molecule has 86 heavy (non-hydrogen) atoms. The smallest absolute Gasteiger partial charge is 0.260 e. The predicted molar refractivity (Wildman–Crippen MR) is 331 cm³/mol. The molecule has 0 atom stereocenters. The number of carbonyl (C=O) groups excluding carboxylic acids is 15. The van der Waals surface area contributed by atoms with Crippen LogP contribution in [-0.4, -0.2) is 219 Å². The van der Waals surface area contributed by atoms with Crippen molar-refractivity contribution in [2.24, 2.45) is 0 Å². The van der Waals surface area contributed by atoms with Crippen LogP contribution in [0.25, 0.3) is 0 Å². The summed E-state index contributed by atoms with van der Waals surface area (Å²) in [7, 11) is 0. The van der Waals surface area contributed by atoms with E-state index in [9.17, 15) is 71.9 Å². The number of thioether (sulfide) groups is 2. The van der Waals surface area contributed by atoms with Gasteiger partial charge in [-0.15, -0.1) is 23.5 Å². The fourth-order valence-corrected chi connectivity index (χ4v) is 10.8. The fourth-order valence-electron chi connectivity index (χ4n) is 8.82. The maximum absolute atomic E-state index is 14.5. The Morgan fingerprint density at radius 2 is 0.430 bits per heavy atom. The molecule has 1 aliphatic heterocycles. The lowest BCUT2D eigenvalue weighted by Gasteiger charge is -2.30. The van der Waals surface area contributed by atoms with Gasteiger partial charge in [-0.1, -0.05) is 55.4 Å². The molecule has 0 aromatic rings. The first-order valence-corrected chi connectivity index (χ1v) is 33.1. The molecule has 0 radical (unpaired) electrons. The number of hydrogen-bond donors (Lipinski definition) is 0. The van der Waals surface area contributed by atoms with E-state index in [1.165, 1.54) is 57.8 Å². The zero-order valence-electron chi connectivity index (χ0n) is 52.8. The van der Waals surface area contributed by atoms with Crippen molar-refractivity contribution < 1.29 is 71.9 Å². The zero-order chi connectivity index (χ0) is 64.6. The van der Waals surface area contributed by atoms with Crippen molar-refractivity contribution in [2.75, 3.05) is 96.7 Å². The fraction of sp³-hybridized carbons (Fsp3) is 0.726. The quantitative estimate of drug-likeness (QED) is 0.0640. The van der Waals surface area contributed by atoms with Crippen molar-refractivity contribution in [1.82, 2.24) is 34.3 Å². The van der Waals surface area contributed by atoms with Crippen molar-refractivity contribution in [3.63, 3.8) is 0 Å². The summed E-state index contributed by atoms with van der Waals surface area (Å²) in [6.45, 7) is 12.9. The Morgan fingerprint density at radius 1 is 0.267 bits per heavy atom. The van der Waals surface area contributed by atoms with Gasteiger partial charge in [0.25, 0.3) is 5.91 Å². The molecule has 0 saturated carbocycles. The molecule has 0 aromatic carbocycles. The van der Waals surface area contributed by atoms with Gasteiger partial charge in [-0.25, -0.2) is 0 Å². The highest BCUT2D eigenvalue weighted by Crippen LogP contribution is 2.33. The average Bonchev–Trinajstić information content (AvgIpc) is 4.11. The third-order valence-electron chi connectivity index (χ3n) is 15.1. The Labute approximate surface area is 518 Å². The second-order valence-electron chi connectivity index (χ2n) is 21.1. The maximum atomic E-state index is 14.5. The molecule has 0 aromatic heterocycles. The van der Waals surface area contributed by atoms with Crippen LogP contribution in [-0.2, 0) is 71.9 Å². The Balaban J connectivity index is 3.73. The summed E-state index contributed by atoms with van der Waals surface area (Å²) < 4.78 is 0. The SMILES string of the molecule is CCC(=O)CCN(CCC(=O)CC)C(=O)CCN(CCC(=O)N(CCC(=O)CC)CCC(=O)CC)C(=O)CCN(CCC(=O)N(CCC(=O)N(CCC(=O)CC)CCC(=O)CC)CCC(=O)N(CCC(=O)CC)CCC(=O)CC)C(=O)C1=CSCS1. The number of nitrogens with zero attached hydrogens (tertiary/aromatic N) is 7. The highest BCUT2D eigenvalue weighted by atomic mass is 32.2. The number of rotatable bonds is 51. The first-order valence-electron chi connectivity index (χ1n) is 31.0. The standard InChI is InChI=1S/C62H99N7O15S2/c1-9-47(70)17-31-63(32-18-48(71)10-2)56(78)25-39-67(40-26-57(79)64(33-19-49(72)11-3)34-20-50(73)12-4)60(82)29-43-69(62(84)55-45-85-46-86-55)44-30-61(83)68(41-27-58(80)65(35-21-51(74)13-5)36-22-52(75)14-6)42-28-59(81)66(37-23-53(76)15-7)38-24-54(77)16-8/h45H,9-44,46H2,1-8H3. The van der Waals surface area contributed by atoms with Crippen molar-refractivity contribution in [1.29, 1.82) is 0 Å². The van der Waals surface area contributed by atoms with E-state index in [1.807, 2.05) is 0 Å². The van der Waals surface area contributed by atoms with Crippen LogP contribution in [0.5, 0.6) is 0 Å². The van der Waals surface area contributed by atoms with E-state index in [0.29, 0.717) is 9.99 Å². The summed E-state index contributed by atoms with van der Waals surface area (Å²) in [5, 5.41) is 2.22. The molecule has 0 unspecified atom stereocenters. The Bertz CT molecular complexity index is 2010. The van der Waals surface area contributed by atoms with Crippen LogP contribution in [0, 0.1) is 0 Å². The van der Waals surface area contributed by atoms with Crippen LogP contribution in [0.2, 0.25) is 0 Å². The molecule has 0 bridgehead atoms. The van der Waals surface area contributed by atoms with Crippen molar-refractivity contribution >= 4 is 111 Å². The summed E-state index contributed by atoms with van der Waals surface area (Å²) >= 11 is 2.67. The third-order valence-corrected chi connectivity index (χ3v) is 17.3. The molecule has 0 fully saturated rings. The van der Waals surface area contributed by atoms with Gasteiger partial charge in [0.1, 0.15) is 46.3 Å². The first-order chi connectivity index (χ1) is 41.0. The van der Waals surface area contributed by atoms with E-state index < -0.39 is 41.4 Å². The normalized spacial score (nSPS) is 11.7. The topological polar surface area (TPSA) is 279 Å². The van der Waals surface area contributed by atoms with E-state index in [1.54, 1.807) is 60.8 Å². The zero-order valence-corrected chi connectivity index (χ0v) is 54.4. The largest absolute Gasteiger partial charge is 0.342 e. The van der Waals surface area contributed by atoms with Gasteiger partial charge in [-0.3, -0.25) is 71.9 Å². The molecule has 0 N–H and O–H groups in total. The summed E-state index contributed by atoms with van der Waals surface area (Å²) in [5.41, 5.74) is 0. The minimum absolute atomic E-state index is 0.0601. The molecular formula is C62H99N7O15S2. The molecule has 7 amide bonds. The van der Waals surface area contributed by atoms with Gasteiger partial charge < -0.3 is 34.3 Å². The molecule has 24 heteroatoms. The summed E-state index contributed by atoms with van der Waals surface area (Å²) in [6, 6.07) is 0. The predicted octanol–water partition coefficient (Wildman–Crippen LogP) is 6.36. The number of hydrogen-bond acceptors (Lipinski definition) is 17. The lowest BCUT2D eigenvalue weighted by Crippen LogP contribution is -2.44. The van der Waals surface area contributed by atoms with Gasteiger partial charge in [0.15, 0.2) is 0 Å². The molecule has 0 saturated heterocycles. The summed E-state index contributed by atoms with van der Waals surface area (Å²) in [6.07, 6.45) is 0.958. The minimum atomic E-state index is -0.546. The second-order valence-corrected chi connectivity index (χ2v) is 23.4. The van der Waals surface area contributed by atoms with Crippen LogP contribution in [0.1, 0.15) is 197 Å². The van der Waals surface area contributed by atoms with Gasteiger partial charge in [-0.05, 0) is 5.41 Å². The molecule has 0 spiro atoms. The number of Topliss-reactive ketones (excluding diaryl/α,β-unsaturated/α-hetero) is 8. The van der Waals surface area contributed by atoms with Crippen LogP contribution in [0.4, 0.5) is 0 Å². The summed E-state index contributed by atoms with van der Waals surface area (Å²) in [4.78, 5) is 208. The van der Waals surface area contributed by atoms with Crippen molar-refractivity contribution in [3.05, 3.63) is 10.3 Å². The highest BCUT2D eigenvalue weighted by Gasteiger charge is 2.29. The molecule has 22 nitrogen and oxygen atoms in total. The molecular weight excluding hydrogens is 1150 g/mol.